The molecule has 1 fully saturated rings. The summed E-state index contributed by atoms with van der Waals surface area (Å²) in [7, 11) is 0. The van der Waals surface area contributed by atoms with Gasteiger partial charge in [0.2, 0.25) is 5.89 Å². The molecule has 0 spiro atoms. The summed E-state index contributed by atoms with van der Waals surface area (Å²) in [4.78, 5) is 16.1. The molecule has 1 aromatic heterocycles. The van der Waals surface area contributed by atoms with Gasteiger partial charge in [-0.3, -0.25) is 4.79 Å². The van der Waals surface area contributed by atoms with Crippen LogP contribution < -0.4 is 10.6 Å². The first-order valence-corrected chi connectivity index (χ1v) is 6.75. The quantitative estimate of drug-likeness (QED) is 0.548. The van der Waals surface area contributed by atoms with Crippen molar-refractivity contribution in [2.24, 2.45) is 0 Å². The zero-order valence-corrected chi connectivity index (χ0v) is 11.4. The second-order valence-electron chi connectivity index (χ2n) is 5.01. The molecule has 1 aromatic rings. The number of amides is 1. The van der Waals surface area contributed by atoms with Crippen LogP contribution in [0.3, 0.4) is 0 Å². The number of hydrogen-bond donors (Lipinski definition) is 4. The largest absolute Gasteiger partial charge is 0.394 e. The van der Waals surface area contributed by atoms with Crippen molar-refractivity contribution in [3.05, 3.63) is 11.7 Å². The Morgan fingerprint density at radius 1 is 1.55 bits per heavy atom. The summed E-state index contributed by atoms with van der Waals surface area (Å²) in [5.41, 5.74) is -1.07. The van der Waals surface area contributed by atoms with Crippen LogP contribution in [0.1, 0.15) is 48.7 Å². The molecule has 1 unspecified atom stereocenters. The fraction of sp³-hybridized carbons (Fsp3) is 0.750. The Hall–Kier alpha value is -1.51. The lowest BCUT2D eigenvalue weighted by Gasteiger charge is -2.28. The highest BCUT2D eigenvalue weighted by atomic mass is 16.5. The van der Waals surface area contributed by atoms with Gasteiger partial charge in [-0.1, -0.05) is 12.1 Å². The van der Waals surface area contributed by atoms with Crippen molar-refractivity contribution in [1.29, 1.82) is 0 Å². The van der Waals surface area contributed by atoms with E-state index in [0.29, 0.717) is 12.3 Å². The van der Waals surface area contributed by atoms with E-state index in [0.717, 1.165) is 19.4 Å². The SMILES string of the molecule is CCC(CO)(CO)NC(=O)c1noc(C2CCCN2)n1. The third-order valence-electron chi connectivity index (χ3n) is 3.66. The summed E-state index contributed by atoms with van der Waals surface area (Å²) in [6.45, 7) is 1.93. The molecule has 1 atom stereocenters. The molecular weight excluding hydrogens is 264 g/mol. The predicted octanol–water partition coefficient (Wildman–Crippen LogP) is -0.643. The molecule has 0 aromatic carbocycles. The zero-order valence-electron chi connectivity index (χ0n) is 11.4. The maximum Gasteiger partial charge on any atom is 0.293 e. The van der Waals surface area contributed by atoms with E-state index in [1.54, 1.807) is 6.92 Å². The molecule has 0 bridgehead atoms. The molecular formula is C12H20N4O4. The van der Waals surface area contributed by atoms with Crippen molar-refractivity contribution in [2.75, 3.05) is 19.8 Å². The predicted molar refractivity (Wildman–Crippen MR) is 68.9 cm³/mol. The summed E-state index contributed by atoms with van der Waals surface area (Å²) >= 11 is 0. The highest BCUT2D eigenvalue weighted by molar-refractivity contribution is 5.90. The van der Waals surface area contributed by atoms with Gasteiger partial charge in [0.25, 0.3) is 11.7 Å². The molecule has 0 saturated carbocycles. The highest BCUT2D eigenvalue weighted by Gasteiger charge is 2.31. The molecule has 1 aliphatic heterocycles. The Labute approximate surface area is 116 Å². The second-order valence-corrected chi connectivity index (χ2v) is 5.01. The first-order chi connectivity index (χ1) is 9.64. The Kier molecular flexibility index (Phi) is 4.69. The molecule has 1 aliphatic rings. The molecule has 2 rings (SSSR count). The molecule has 4 N–H and O–H groups in total. The minimum atomic E-state index is -1.07. The number of nitrogens with zero attached hydrogens (tertiary/aromatic N) is 2. The second kappa shape index (κ2) is 6.29. The smallest absolute Gasteiger partial charge is 0.293 e. The number of hydrogen-bond acceptors (Lipinski definition) is 7. The maximum atomic E-state index is 12.0. The molecule has 8 heteroatoms. The number of carbonyl (C=O) groups is 1. The lowest BCUT2D eigenvalue weighted by molar-refractivity contribution is 0.0642. The first kappa shape index (κ1) is 14.9. The van der Waals surface area contributed by atoms with Gasteiger partial charge in [-0.2, -0.15) is 4.98 Å². The molecule has 20 heavy (non-hydrogen) atoms. The normalized spacial score (nSPS) is 19.2. The monoisotopic (exact) mass is 284 g/mol. The average Bonchev–Trinajstić information content (AvgIpc) is 3.14. The van der Waals surface area contributed by atoms with Crippen LogP contribution in [0.5, 0.6) is 0 Å². The number of aliphatic hydroxyl groups is 2. The van der Waals surface area contributed by atoms with Crippen LogP contribution in [0.25, 0.3) is 0 Å². The lowest BCUT2D eigenvalue weighted by Crippen LogP contribution is -2.54. The number of rotatable bonds is 6. The van der Waals surface area contributed by atoms with Gasteiger partial charge in [-0.05, 0) is 25.8 Å². The molecule has 0 aliphatic carbocycles. The number of aromatic nitrogens is 2. The number of nitrogens with one attached hydrogen (secondary N) is 2. The zero-order chi connectivity index (χ0) is 14.6. The van der Waals surface area contributed by atoms with E-state index in [1.165, 1.54) is 0 Å². The van der Waals surface area contributed by atoms with Gasteiger partial charge < -0.3 is 25.4 Å². The first-order valence-electron chi connectivity index (χ1n) is 6.75. The van der Waals surface area contributed by atoms with Crippen molar-refractivity contribution >= 4 is 5.91 Å². The van der Waals surface area contributed by atoms with Gasteiger partial charge in [-0.15, -0.1) is 0 Å². The van der Waals surface area contributed by atoms with E-state index < -0.39 is 11.4 Å². The van der Waals surface area contributed by atoms with E-state index in [4.69, 9.17) is 4.52 Å². The summed E-state index contributed by atoms with van der Waals surface area (Å²) in [5.74, 6) is -0.265. The maximum absolute atomic E-state index is 12.0. The van der Waals surface area contributed by atoms with E-state index >= 15 is 0 Å². The van der Waals surface area contributed by atoms with Crippen molar-refractivity contribution in [2.45, 2.75) is 37.8 Å². The third-order valence-corrected chi connectivity index (χ3v) is 3.66. The fourth-order valence-electron chi connectivity index (χ4n) is 2.10. The fourth-order valence-corrected chi connectivity index (χ4v) is 2.10. The van der Waals surface area contributed by atoms with Crippen LogP contribution in [-0.4, -0.2) is 51.6 Å². The molecule has 1 saturated heterocycles. The Balaban J connectivity index is 2.05. The third kappa shape index (κ3) is 2.97. The molecule has 2 heterocycles. The van der Waals surface area contributed by atoms with E-state index in [1.807, 2.05) is 0 Å². The lowest BCUT2D eigenvalue weighted by atomic mass is 9.98. The van der Waals surface area contributed by atoms with Gasteiger partial charge in [0.05, 0.1) is 24.8 Å². The van der Waals surface area contributed by atoms with Crippen LogP contribution in [0.2, 0.25) is 0 Å². The minimum absolute atomic E-state index is 0.00401. The van der Waals surface area contributed by atoms with E-state index in [2.05, 4.69) is 20.8 Å². The Morgan fingerprint density at radius 3 is 2.85 bits per heavy atom. The molecule has 0 radical (unpaired) electrons. The van der Waals surface area contributed by atoms with Crippen molar-refractivity contribution in [1.82, 2.24) is 20.8 Å². The van der Waals surface area contributed by atoms with Crippen molar-refractivity contribution < 1.29 is 19.5 Å². The van der Waals surface area contributed by atoms with Crippen molar-refractivity contribution in [3.8, 4) is 0 Å². The highest BCUT2D eigenvalue weighted by Crippen LogP contribution is 2.21. The van der Waals surface area contributed by atoms with E-state index in [-0.39, 0.29) is 25.1 Å². The van der Waals surface area contributed by atoms with Crippen LogP contribution >= 0.6 is 0 Å². The molecule has 8 nitrogen and oxygen atoms in total. The van der Waals surface area contributed by atoms with Crippen molar-refractivity contribution in [3.63, 3.8) is 0 Å². The van der Waals surface area contributed by atoms with Gasteiger partial charge in [-0.25, -0.2) is 0 Å². The molecule has 112 valence electrons. The minimum Gasteiger partial charge on any atom is -0.394 e. The van der Waals surface area contributed by atoms with Gasteiger partial charge in [0, 0.05) is 0 Å². The number of aliphatic hydroxyl groups excluding tert-OH is 2. The summed E-state index contributed by atoms with van der Waals surface area (Å²) in [6, 6.07) is -0.00401. The average molecular weight is 284 g/mol. The van der Waals surface area contributed by atoms with Crippen LogP contribution in [0.4, 0.5) is 0 Å². The van der Waals surface area contributed by atoms with E-state index in [9.17, 15) is 15.0 Å². The standard InChI is InChI=1S/C12H20N4O4/c1-2-12(6-17,7-18)15-10(19)9-14-11(20-16-9)8-4-3-5-13-8/h8,13,17-18H,2-7H2,1H3,(H,15,19). The molecule has 1 amide bonds. The van der Waals surface area contributed by atoms with Gasteiger partial charge >= 0.3 is 0 Å². The van der Waals surface area contributed by atoms with Crippen LogP contribution in [0, 0.1) is 0 Å². The summed E-state index contributed by atoms with van der Waals surface area (Å²) < 4.78 is 5.08. The Morgan fingerprint density at radius 2 is 2.30 bits per heavy atom. The van der Waals surface area contributed by atoms with Crippen LogP contribution in [-0.2, 0) is 0 Å². The summed E-state index contributed by atoms with van der Waals surface area (Å²) in [6.07, 6.45) is 2.32. The number of carbonyl (C=O) groups excluding carboxylic acids is 1. The van der Waals surface area contributed by atoms with Gasteiger partial charge in [0.1, 0.15) is 0 Å². The topological polar surface area (TPSA) is 121 Å². The van der Waals surface area contributed by atoms with Crippen LogP contribution in [0.15, 0.2) is 4.52 Å². The van der Waals surface area contributed by atoms with Gasteiger partial charge in [0.15, 0.2) is 0 Å². The summed E-state index contributed by atoms with van der Waals surface area (Å²) in [5, 5.41) is 28.0. The Bertz CT molecular complexity index is 444.